The van der Waals surface area contributed by atoms with Gasteiger partial charge in [0.05, 0.1) is 10.9 Å². The average molecular weight is 480 g/mol. The summed E-state index contributed by atoms with van der Waals surface area (Å²) in [5, 5.41) is 0.608. The molecule has 4 rings (SSSR count). The molecule has 1 aliphatic heterocycles. The van der Waals surface area contributed by atoms with Crippen molar-refractivity contribution in [1.29, 1.82) is 0 Å². The van der Waals surface area contributed by atoms with Gasteiger partial charge in [-0.05, 0) is 38.0 Å². The number of nitrogens with zero attached hydrogens (tertiary/aromatic N) is 4. The van der Waals surface area contributed by atoms with Crippen molar-refractivity contribution >= 4 is 33.3 Å². The molecule has 11 heteroatoms. The first kappa shape index (κ1) is 23.2. The van der Waals surface area contributed by atoms with Gasteiger partial charge < -0.3 is 14.8 Å². The molecule has 4 heterocycles. The highest BCUT2D eigenvalue weighted by Crippen LogP contribution is 2.29. The Bertz CT molecular complexity index is 1220. The lowest BCUT2D eigenvalue weighted by atomic mass is 10.2. The lowest BCUT2D eigenvalue weighted by Gasteiger charge is -2.23. The molecule has 0 aromatic carbocycles. The van der Waals surface area contributed by atoms with Crippen LogP contribution in [0.15, 0.2) is 23.1 Å². The van der Waals surface area contributed by atoms with Crippen LogP contribution in [0.4, 0.5) is 19.0 Å². The fourth-order valence-electron chi connectivity index (χ4n) is 3.94. The summed E-state index contributed by atoms with van der Waals surface area (Å²) in [4.78, 5) is 41.8. The number of halogens is 3. The summed E-state index contributed by atoms with van der Waals surface area (Å²) in [6.45, 7) is 5.95. The van der Waals surface area contributed by atoms with Crippen LogP contribution in [0.1, 0.15) is 34.7 Å². The lowest BCUT2D eigenvalue weighted by molar-refractivity contribution is -0.137. The number of aryl methyl sites for hydroxylation is 3. The molecule has 3 aromatic rings. The zero-order valence-corrected chi connectivity index (χ0v) is 19.1. The standard InChI is InChI=1S/C22H24F3N5O2S/c1-13-14(2)33-21-19(13)20(32)27-16(28-21)5-7-18(31)30-9-3-8-29(10-11-30)17-6-4-15(12-26-17)22(23,24)25/h4,6,12H,3,5,7-11H2,1-2H3,(H,27,28,32). The van der Waals surface area contributed by atoms with Gasteiger partial charge in [-0.25, -0.2) is 9.97 Å². The maximum absolute atomic E-state index is 12.8. The Morgan fingerprint density at radius 1 is 1.18 bits per heavy atom. The number of alkyl halides is 3. The molecule has 0 atom stereocenters. The van der Waals surface area contributed by atoms with E-state index in [0.717, 1.165) is 22.7 Å². The van der Waals surface area contributed by atoms with Crippen LogP contribution in [0.2, 0.25) is 0 Å². The van der Waals surface area contributed by atoms with Gasteiger partial charge >= 0.3 is 6.18 Å². The van der Waals surface area contributed by atoms with E-state index >= 15 is 0 Å². The molecule has 1 amide bonds. The zero-order chi connectivity index (χ0) is 23.8. The average Bonchev–Trinajstić information content (AvgIpc) is 2.94. The Balaban J connectivity index is 1.36. The number of hydrogen-bond acceptors (Lipinski definition) is 6. The number of H-pyrrole nitrogens is 1. The van der Waals surface area contributed by atoms with Crippen LogP contribution in [-0.2, 0) is 17.4 Å². The van der Waals surface area contributed by atoms with Crippen molar-refractivity contribution in [2.75, 3.05) is 31.1 Å². The van der Waals surface area contributed by atoms with E-state index in [0.29, 0.717) is 60.9 Å². The Morgan fingerprint density at radius 2 is 1.97 bits per heavy atom. The van der Waals surface area contributed by atoms with Crippen molar-refractivity contribution < 1.29 is 18.0 Å². The van der Waals surface area contributed by atoms with Crippen molar-refractivity contribution in [3.63, 3.8) is 0 Å². The normalized spacial score (nSPS) is 15.2. The van der Waals surface area contributed by atoms with Crippen LogP contribution in [-0.4, -0.2) is 51.9 Å². The summed E-state index contributed by atoms with van der Waals surface area (Å²) in [5.74, 6) is 0.917. The molecule has 1 fully saturated rings. The van der Waals surface area contributed by atoms with E-state index in [4.69, 9.17) is 0 Å². The minimum absolute atomic E-state index is 0.0430. The first-order chi connectivity index (χ1) is 15.6. The van der Waals surface area contributed by atoms with Crippen LogP contribution in [0.25, 0.3) is 10.2 Å². The molecule has 0 aliphatic carbocycles. The topological polar surface area (TPSA) is 82.2 Å². The number of carbonyl (C=O) groups excluding carboxylic acids is 1. The van der Waals surface area contributed by atoms with Gasteiger partial charge in [0.25, 0.3) is 5.56 Å². The van der Waals surface area contributed by atoms with Gasteiger partial charge in [-0.3, -0.25) is 9.59 Å². The second-order valence-electron chi connectivity index (χ2n) is 8.10. The molecule has 1 N–H and O–H groups in total. The van der Waals surface area contributed by atoms with E-state index in [1.165, 1.54) is 17.4 Å². The molecule has 1 saturated heterocycles. The number of thiophene rings is 1. The Kier molecular flexibility index (Phi) is 6.42. The fourth-order valence-corrected chi connectivity index (χ4v) is 4.99. The molecule has 0 unspecified atom stereocenters. The molecule has 1 aliphatic rings. The van der Waals surface area contributed by atoms with Gasteiger partial charge in [-0.2, -0.15) is 13.2 Å². The van der Waals surface area contributed by atoms with E-state index in [-0.39, 0.29) is 17.9 Å². The number of rotatable bonds is 4. The van der Waals surface area contributed by atoms with E-state index < -0.39 is 11.7 Å². The fraction of sp³-hybridized carbons (Fsp3) is 0.455. The number of anilines is 1. The summed E-state index contributed by atoms with van der Waals surface area (Å²) in [7, 11) is 0. The number of nitrogens with one attached hydrogen (secondary N) is 1. The van der Waals surface area contributed by atoms with Gasteiger partial charge in [-0.15, -0.1) is 11.3 Å². The van der Waals surface area contributed by atoms with E-state index in [1.807, 2.05) is 18.7 Å². The Hall–Kier alpha value is -2.95. The van der Waals surface area contributed by atoms with Gasteiger partial charge in [0, 0.05) is 50.1 Å². The molecular formula is C22H24F3N5O2S. The molecular weight excluding hydrogens is 455 g/mol. The predicted molar refractivity (Wildman–Crippen MR) is 121 cm³/mol. The second kappa shape index (κ2) is 9.12. The van der Waals surface area contributed by atoms with Gasteiger partial charge in [0.1, 0.15) is 16.5 Å². The summed E-state index contributed by atoms with van der Waals surface area (Å²) < 4.78 is 38.3. The minimum Gasteiger partial charge on any atom is -0.355 e. The number of pyridine rings is 1. The van der Waals surface area contributed by atoms with Crippen LogP contribution in [0.3, 0.4) is 0 Å². The predicted octanol–water partition coefficient (Wildman–Crippen LogP) is 3.69. The molecule has 3 aromatic heterocycles. The molecule has 7 nitrogen and oxygen atoms in total. The second-order valence-corrected chi connectivity index (χ2v) is 9.30. The smallest absolute Gasteiger partial charge is 0.355 e. The lowest BCUT2D eigenvalue weighted by Crippen LogP contribution is -2.35. The molecule has 0 bridgehead atoms. The highest BCUT2D eigenvalue weighted by Gasteiger charge is 2.31. The highest BCUT2D eigenvalue weighted by molar-refractivity contribution is 7.18. The van der Waals surface area contributed by atoms with Crippen molar-refractivity contribution in [3.8, 4) is 0 Å². The van der Waals surface area contributed by atoms with Crippen molar-refractivity contribution in [2.45, 2.75) is 39.3 Å². The third-order valence-corrected chi connectivity index (χ3v) is 7.01. The Labute approximate surface area is 192 Å². The van der Waals surface area contributed by atoms with Crippen LogP contribution in [0, 0.1) is 13.8 Å². The van der Waals surface area contributed by atoms with Gasteiger partial charge in [0.15, 0.2) is 0 Å². The molecule has 0 radical (unpaired) electrons. The molecule has 176 valence electrons. The van der Waals surface area contributed by atoms with Crippen LogP contribution >= 0.6 is 11.3 Å². The quantitative estimate of drug-likeness (QED) is 0.617. The first-order valence-electron chi connectivity index (χ1n) is 10.7. The third-order valence-electron chi connectivity index (χ3n) is 5.91. The van der Waals surface area contributed by atoms with Gasteiger partial charge in [0.2, 0.25) is 5.91 Å². The van der Waals surface area contributed by atoms with Crippen molar-refractivity contribution in [3.05, 3.63) is 50.5 Å². The molecule has 0 spiro atoms. The number of aromatic amines is 1. The largest absolute Gasteiger partial charge is 0.417 e. The van der Waals surface area contributed by atoms with Crippen LogP contribution in [0.5, 0.6) is 0 Å². The number of fused-ring (bicyclic) bond motifs is 1. The maximum Gasteiger partial charge on any atom is 0.417 e. The van der Waals surface area contributed by atoms with Crippen LogP contribution < -0.4 is 10.5 Å². The zero-order valence-electron chi connectivity index (χ0n) is 18.3. The number of carbonyl (C=O) groups is 1. The maximum atomic E-state index is 12.8. The Morgan fingerprint density at radius 3 is 2.67 bits per heavy atom. The monoisotopic (exact) mass is 479 g/mol. The SMILES string of the molecule is Cc1sc2nc(CCC(=O)N3CCCN(c4ccc(C(F)(F)F)cn4)CC3)[nH]c(=O)c2c1C. The van der Waals surface area contributed by atoms with E-state index in [1.54, 1.807) is 4.90 Å². The minimum atomic E-state index is -4.42. The number of hydrogen-bond donors (Lipinski definition) is 1. The molecule has 0 saturated carbocycles. The number of aromatic nitrogens is 3. The number of amides is 1. The summed E-state index contributed by atoms with van der Waals surface area (Å²) in [6.07, 6.45) is -2.34. The highest BCUT2D eigenvalue weighted by atomic mass is 32.1. The van der Waals surface area contributed by atoms with E-state index in [2.05, 4.69) is 15.0 Å². The van der Waals surface area contributed by atoms with Crippen molar-refractivity contribution in [2.24, 2.45) is 0 Å². The third kappa shape index (κ3) is 5.02. The van der Waals surface area contributed by atoms with Crippen molar-refractivity contribution in [1.82, 2.24) is 19.9 Å². The summed E-state index contributed by atoms with van der Waals surface area (Å²) in [5.41, 5.74) is -0.0302. The first-order valence-corrected chi connectivity index (χ1v) is 11.5. The summed E-state index contributed by atoms with van der Waals surface area (Å²) in [6, 6.07) is 2.39. The van der Waals surface area contributed by atoms with Gasteiger partial charge in [-0.1, -0.05) is 0 Å². The summed E-state index contributed by atoms with van der Waals surface area (Å²) >= 11 is 1.47. The van der Waals surface area contributed by atoms with E-state index in [9.17, 15) is 22.8 Å². The molecule has 33 heavy (non-hydrogen) atoms.